The smallest absolute Gasteiger partial charge is 0.149 e. The highest BCUT2D eigenvalue weighted by Gasteiger charge is 2.45. The summed E-state index contributed by atoms with van der Waals surface area (Å²) < 4.78 is 22.6. The van der Waals surface area contributed by atoms with Gasteiger partial charge in [-0.3, -0.25) is 5.84 Å². The number of rotatable bonds is 2. The monoisotopic (exact) mass is 219 g/mol. The second kappa shape index (κ2) is 3.16. The van der Waals surface area contributed by atoms with Crippen LogP contribution in [0.1, 0.15) is 12.8 Å². The molecule has 2 heterocycles. The van der Waals surface area contributed by atoms with Gasteiger partial charge in [0.2, 0.25) is 0 Å². The van der Waals surface area contributed by atoms with E-state index in [4.69, 9.17) is 5.84 Å². The molecule has 0 amide bonds. The first-order valence-corrected chi connectivity index (χ1v) is 6.90. The number of hydrazine groups is 1. The third-order valence-electron chi connectivity index (χ3n) is 2.98. The van der Waals surface area contributed by atoms with Crippen molar-refractivity contribution in [1.29, 1.82) is 0 Å². The van der Waals surface area contributed by atoms with Crippen LogP contribution in [0.3, 0.4) is 0 Å². The van der Waals surface area contributed by atoms with E-state index in [1.807, 2.05) is 0 Å². The van der Waals surface area contributed by atoms with Gasteiger partial charge in [0.15, 0.2) is 0 Å². The molecular formula is C8H17N3O2S. The molecule has 2 aliphatic heterocycles. The fourth-order valence-corrected chi connectivity index (χ4v) is 4.01. The Labute approximate surface area is 84.5 Å². The summed E-state index contributed by atoms with van der Waals surface area (Å²) in [6.45, 7) is 1.46. The maximum atomic E-state index is 11.3. The van der Waals surface area contributed by atoms with Gasteiger partial charge in [-0.2, -0.15) is 0 Å². The quantitative estimate of drug-likeness (QED) is 0.565. The molecule has 0 aromatic rings. The molecule has 2 fully saturated rings. The van der Waals surface area contributed by atoms with Gasteiger partial charge >= 0.3 is 0 Å². The lowest BCUT2D eigenvalue weighted by Gasteiger charge is -2.38. The highest BCUT2D eigenvalue weighted by Crippen LogP contribution is 2.29. The van der Waals surface area contributed by atoms with Gasteiger partial charge in [0.25, 0.3) is 0 Å². The van der Waals surface area contributed by atoms with Crippen LogP contribution in [0.4, 0.5) is 0 Å². The lowest BCUT2D eigenvalue weighted by atomic mass is 10.0. The maximum absolute atomic E-state index is 11.3. The van der Waals surface area contributed by atoms with E-state index >= 15 is 0 Å². The Morgan fingerprint density at radius 3 is 3.00 bits per heavy atom. The number of fused-ring (bicyclic) bond motifs is 2. The SMILES string of the molecule is CS(=O)(=O)CC12CCC(CN(N)C1)N2. The van der Waals surface area contributed by atoms with E-state index in [-0.39, 0.29) is 11.3 Å². The Kier molecular flexibility index (Phi) is 2.34. The van der Waals surface area contributed by atoms with Gasteiger partial charge in [0.1, 0.15) is 9.84 Å². The Morgan fingerprint density at radius 1 is 1.64 bits per heavy atom. The highest BCUT2D eigenvalue weighted by molar-refractivity contribution is 7.90. The summed E-state index contributed by atoms with van der Waals surface area (Å²) in [6.07, 6.45) is 3.23. The molecule has 2 unspecified atom stereocenters. The van der Waals surface area contributed by atoms with E-state index in [2.05, 4.69) is 5.32 Å². The third kappa shape index (κ3) is 2.08. The Bertz CT molecular complexity index is 329. The molecular weight excluding hydrogens is 202 g/mol. The molecule has 5 nitrogen and oxygen atoms in total. The van der Waals surface area contributed by atoms with E-state index in [1.165, 1.54) is 6.26 Å². The molecule has 6 heteroatoms. The van der Waals surface area contributed by atoms with Crippen LogP contribution in [-0.4, -0.2) is 50.1 Å². The number of nitrogens with two attached hydrogens (primary N) is 1. The molecule has 2 atom stereocenters. The highest BCUT2D eigenvalue weighted by atomic mass is 32.2. The molecule has 2 bridgehead atoms. The fourth-order valence-electron chi connectivity index (χ4n) is 2.69. The summed E-state index contributed by atoms with van der Waals surface area (Å²) in [7, 11) is -2.94. The minimum Gasteiger partial charge on any atom is -0.305 e. The first-order chi connectivity index (χ1) is 6.39. The normalized spacial score (nSPS) is 38.9. The molecule has 2 rings (SSSR count). The van der Waals surface area contributed by atoms with Crippen molar-refractivity contribution in [1.82, 2.24) is 10.3 Å². The van der Waals surface area contributed by atoms with Gasteiger partial charge in [-0.15, -0.1) is 0 Å². The summed E-state index contributed by atoms with van der Waals surface area (Å²) in [6, 6.07) is 0.371. The molecule has 0 radical (unpaired) electrons. The first-order valence-electron chi connectivity index (χ1n) is 4.84. The van der Waals surface area contributed by atoms with Crippen molar-refractivity contribution in [2.45, 2.75) is 24.4 Å². The zero-order valence-corrected chi connectivity index (χ0v) is 9.18. The van der Waals surface area contributed by atoms with Crippen LogP contribution in [0.2, 0.25) is 0 Å². The van der Waals surface area contributed by atoms with Crippen LogP contribution < -0.4 is 11.2 Å². The van der Waals surface area contributed by atoms with Crippen LogP contribution in [0.25, 0.3) is 0 Å². The zero-order valence-electron chi connectivity index (χ0n) is 8.36. The molecule has 14 heavy (non-hydrogen) atoms. The largest absolute Gasteiger partial charge is 0.305 e. The molecule has 0 saturated carbocycles. The van der Waals surface area contributed by atoms with Crippen LogP contribution in [0, 0.1) is 0 Å². The van der Waals surface area contributed by atoms with Crippen LogP contribution in [0.5, 0.6) is 0 Å². The molecule has 0 aliphatic carbocycles. The summed E-state index contributed by atoms with van der Waals surface area (Å²) in [5, 5.41) is 5.13. The van der Waals surface area contributed by atoms with Crippen molar-refractivity contribution in [3.8, 4) is 0 Å². The molecule has 82 valence electrons. The standard InChI is InChI=1S/C8H17N3O2S/c1-14(12,13)6-8-3-2-7(10-8)4-11(9)5-8/h7,10H,2-6,9H2,1H3. The fraction of sp³-hybridized carbons (Fsp3) is 1.00. The predicted octanol–water partition coefficient (Wildman–Crippen LogP) is -1.29. The van der Waals surface area contributed by atoms with E-state index in [9.17, 15) is 8.42 Å². The second-order valence-corrected chi connectivity index (χ2v) is 6.80. The van der Waals surface area contributed by atoms with Crippen molar-refractivity contribution in [2.75, 3.05) is 25.1 Å². The van der Waals surface area contributed by atoms with E-state index < -0.39 is 9.84 Å². The summed E-state index contributed by atoms with van der Waals surface area (Å²) in [5.41, 5.74) is -0.286. The van der Waals surface area contributed by atoms with Gasteiger partial charge < -0.3 is 5.32 Å². The van der Waals surface area contributed by atoms with Gasteiger partial charge in [-0.05, 0) is 12.8 Å². The van der Waals surface area contributed by atoms with Gasteiger partial charge in [0, 0.05) is 30.9 Å². The van der Waals surface area contributed by atoms with E-state index in [1.54, 1.807) is 5.01 Å². The lowest BCUT2D eigenvalue weighted by Crippen LogP contribution is -2.63. The number of hydrogen-bond donors (Lipinski definition) is 2. The lowest BCUT2D eigenvalue weighted by molar-refractivity contribution is 0.153. The average molecular weight is 219 g/mol. The Morgan fingerprint density at radius 2 is 2.36 bits per heavy atom. The summed E-state index contributed by atoms with van der Waals surface area (Å²) >= 11 is 0. The Balaban J connectivity index is 2.15. The first kappa shape index (κ1) is 10.4. The van der Waals surface area contributed by atoms with Crippen molar-refractivity contribution >= 4 is 9.84 Å². The molecule has 2 saturated heterocycles. The molecule has 3 N–H and O–H groups in total. The maximum Gasteiger partial charge on any atom is 0.149 e. The predicted molar refractivity (Wildman–Crippen MR) is 54.4 cm³/mol. The van der Waals surface area contributed by atoms with Crippen molar-refractivity contribution < 1.29 is 8.42 Å². The average Bonchev–Trinajstić information content (AvgIpc) is 2.22. The minimum absolute atomic E-state index is 0.199. The zero-order chi connectivity index (χ0) is 10.4. The van der Waals surface area contributed by atoms with E-state index in [0.29, 0.717) is 12.6 Å². The topological polar surface area (TPSA) is 75.4 Å². The van der Waals surface area contributed by atoms with Crippen LogP contribution in [0.15, 0.2) is 0 Å². The van der Waals surface area contributed by atoms with Crippen molar-refractivity contribution in [3.63, 3.8) is 0 Å². The summed E-state index contributed by atoms with van der Waals surface area (Å²) in [4.78, 5) is 0. The number of sulfone groups is 1. The number of nitrogens with zero attached hydrogens (tertiary/aromatic N) is 1. The van der Waals surface area contributed by atoms with Crippen molar-refractivity contribution in [2.24, 2.45) is 5.84 Å². The van der Waals surface area contributed by atoms with Gasteiger partial charge in [0.05, 0.1) is 5.75 Å². The molecule has 2 aliphatic rings. The number of nitrogens with one attached hydrogen (secondary N) is 1. The molecule has 0 spiro atoms. The number of hydrogen-bond acceptors (Lipinski definition) is 5. The molecule has 0 aromatic carbocycles. The second-order valence-electron chi connectivity index (χ2n) is 4.66. The van der Waals surface area contributed by atoms with E-state index in [0.717, 1.165) is 19.4 Å². The molecule has 0 aromatic heterocycles. The van der Waals surface area contributed by atoms with Gasteiger partial charge in [-0.1, -0.05) is 0 Å². The van der Waals surface area contributed by atoms with Crippen LogP contribution in [-0.2, 0) is 9.84 Å². The summed E-state index contributed by atoms with van der Waals surface area (Å²) in [5.74, 6) is 5.96. The number of piperazine rings is 1. The van der Waals surface area contributed by atoms with Gasteiger partial charge in [-0.25, -0.2) is 13.4 Å². The third-order valence-corrected chi connectivity index (χ3v) is 4.06. The Hall–Kier alpha value is -0.170. The van der Waals surface area contributed by atoms with Crippen LogP contribution >= 0.6 is 0 Å². The minimum atomic E-state index is -2.94. The van der Waals surface area contributed by atoms with Crippen molar-refractivity contribution in [3.05, 3.63) is 0 Å².